The fourth-order valence-corrected chi connectivity index (χ4v) is 4.54. The van der Waals surface area contributed by atoms with E-state index in [1.165, 1.54) is 7.05 Å². The first-order valence-electron chi connectivity index (χ1n) is 9.41. The number of aromatic nitrogens is 4. The Kier molecular flexibility index (Phi) is 3.91. The molecule has 29 heavy (non-hydrogen) atoms. The van der Waals surface area contributed by atoms with E-state index in [4.69, 9.17) is 0 Å². The first-order chi connectivity index (χ1) is 14.1. The van der Waals surface area contributed by atoms with Gasteiger partial charge in [0.25, 0.3) is 0 Å². The number of carbonyl (C=O) groups excluding carboxylic acids is 1. The van der Waals surface area contributed by atoms with Crippen LogP contribution >= 0.6 is 0 Å². The third-order valence-corrected chi connectivity index (χ3v) is 6.05. The second kappa shape index (κ2) is 6.37. The van der Waals surface area contributed by atoms with Crippen molar-refractivity contribution < 1.29 is 15.0 Å². The van der Waals surface area contributed by atoms with E-state index in [1.54, 1.807) is 17.1 Å². The molecule has 2 aliphatic carbocycles. The van der Waals surface area contributed by atoms with Crippen LogP contribution in [-0.4, -0.2) is 54.9 Å². The van der Waals surface area contributed by atoms with Crippen molar-refractivity contribution in [2.24, 2.45) is 11.3 Å². The zero-order chi connectivity index (χ0) is 20.2. The number of hydrogen-bond donors (Lipinski definition) is 3. The second-order valence-corrected chi connectivity index (χ2v) is 7.53. The maximum atomic E-state index is 12.3. The van der Waals surface area contributed by atoms with E-state index in [9.17, 15) is 15.0 Å². The van der Waals surface area contributed by atoms with Crippen molar-refractivity contribution in [3.05, 3.63) is 54.2 Å². The molecule has 5 atom stereocenters. The topological polar surface area (TPSA) is 113 Å². The quantitative estimate of drug-likeness (QED) is 0.542. The lowest BCUT2D eigenvalue weighted by Gasteiger charge is -2.23. The van der Waals surface area contributed by atoms with Crippen LogP contribution in [0.4, 0.5) is 0 Å². The molecule has 2 saturated carbocycles. The highest BCUT2D eigenvalue weighted by atomic mass is 16.3. The number of amides is 1. The van der Waals surface area contributed by atoms with Crippen LogP contribution in [0.25, 0.3) is 11.2 Å². The normalized spacial score (nSPS) is 29.8. The first kappa shape index (κ1) is 17.8. The van der Waals surface area contributed by atoms with Crippen LogP contribution in [0.2, 0.25) is 0 Å². The number of nitrogens with one attached hydrogen (secondary N) is 1. The zero-order valence-electron chi connectivity index (χ0n) is 15.6. The Hall–Kier alpha value is -3.28. The van der Waals surface area contributed by atoms with Gasteiger partial charge in [-0.25, -0.2) is 15.0 Å². The Balaban J connectivity index is 1.52. The van der Waals surface area contributed by atoms with Gasteiger partial charge in [-0.15, -0.1) is 0 Å². The molecule has 2 aliphatic rings. The van der Waals surface area contributed by atoms with Gasteiger partial charge in [-0.05, 0) is 24.5 Å². The summed E-state index contributed by atoms with van der Waals surface area (Å²) < 4.78 is 1.74. The van der Waals surface area contributed by atoms with Gasteiger partial charge in [0, 0.05) is 18.5 Å². The summed E-state index contributed by atoms with van der Waals surface area (Å²) in [7, 11) is 1.54. The van der Waals surface area contributed by atoms with E-state index in [0.29, 0.717) is 23.4 Å². The SMILES string of the molecule is CNC(=O)[C@]12CC1[C@@H](n1cnc3cnc(C#Cc4ccccc4)nc31)[C@H](O)C2O. The molecule has 0 saturated heterocycles. The number of aliphatic hydroxyl groups is 2. The highest BCUT2D eigenvalue weighted by molar-refractivity contribution is 5.87. The van der Waals surface area contributed by atoms with Crippen LogP contribution in [0, 0.1) is 23.2 Å². The maximum Gasteiger partial charge on any atom is 0.229 e. The van der Waals surface area contributed by atoms with Crippen molar-refractivity contribution in [3.8, 4) is 11.8 Å². The number of rotatable bonds is 2. The first-order valence-corrected chi connectivity index (χ1v) is 9.41. The summed E-state index contributed by atoms with van der Waals surface area (Å²) in [5.41, 5.74) is 0.994. The molecular weight excluding hydrogens is 370 g/mol. The lowest BCUT2D eigenvalue weighted by molar-refractivity contribution is -0.132. The average Bonchev–Trinajstić information content (AvgIpc) is 3.30. The van der Waals surface area contributed by atoms with E-state index in [2.05, 4.69) is 32.1 Å². The summed E-state index contributed by atoms with van der Waals surface area (Å²) in [6.45, 7) is 0. The maximum absolute atomic E-state index is 12.3. The fourth-order valence-electron chi connectivity index (χ4n) is 4.54. The molecule has 0 bridgehead atoms. The molecule has 1 aromatic carbocycles. The zero-order valence-corrected chi connectivity index (χ0v) is 15.6. The van der Waals surface area contributed by atoms with Crippen molar-refractivity contribution in [2.75, 3.05) is 7.05 Å². The van der Waals surface area contributed by atoms with Gasteiger partial charge in [-0.2, -0.15) is 0 Å². The van der Waals surface area contributed by atoms with Gasteiger partial charge in [-0.1, -0.05) is 24.1 Å². The summed E-state index contributed by atoms with van der Waals surface area (Å²) in [5.74, 6) is 5.88. The molecule has 2 aromatic heterocycles. The molecule has 2 heterocycles. The third kappa shape index (κ3) is 2.55. The predicted octanol–water partition coefficient (Wildman–Crippen LogP) is 0.255. The molecule has 2 fully saturated rings. The smallest absolute Gasteiger partial charge is 0.229 e. The van der Waals surface area contributed by atoms with E-state index in [0.717, 1.165) is 5.56 Å². The van der Waals surface area contributed by atoms with Gasteiger partial charge in [-0.3, -0.25) is 4.79 Å². The van der Waals surface area contributed by atoms with Gasteiger partial charge < -0.3 is 20.1 Å². The number of imidazole rings is 1. The van der Waals surface area contributed by atoms with E-state index in [1.807, 2.05) is 30.3 Å². The van der Waals surface area contributed by atoms with Crippen LogP contribution < -0.4 is 5.32 Å². The Morgan fingerprint density at radius 2 is 2.03 bits per heavy atom. The van der Waals surface area contributed by atoms with E-state index < -0.39 is 23.7 Å². The fraction of sp³-hybridized carbons (Fsp3) is 0.333. The number of benzene rings is 1. The van der Waals surface area contributed by atoms with Crippen molar-refractivity contribution in [1.82, 2.24) is 24.8 Å². The minimum absolute atomic E-state index is 0.182. The molecule has 0 aliphatic heterocycles. The van der Waals surface area contributed by atoms with Crippen LogP contribution in [0.1, 0.15) is 23.9 Å². The molecular formula is C21H19N5O3. The monoisotopic (exact) mass is 389 g/mol. The Labute approximate surface area is 166 Å². The van der Waals surface area contributed by atoms with Crippen molar-refractivity contribution in [2.45, 2.75) is 24.7 Å². The molecule has 1 amide bonds. The standard InChI is InChI=1S/C21H19N5O3/c1-22-20(29)21-9-13(21)16(17(27)18(21)28)26-11-24-14-10-23-15(25-19(14)26)8-7-12-5-3-2-4-6-12/h2-6,10-11,13,16-18,27-28H,9H2,1H3,(H,22,29)/t13?,16-,17+,18?,21-/m1/s1. The lowest BCUT2D eigenvalue weighted by atomic mass is 9.98. The molecule has 2 unspecified atom stereocenters. The lowest BCUT2D eigenvalue weighted by Crippen LogP contribution is -2.41. The van der Waals surface area contributed by atoms with Gasteiger partial charge in [0.1, 0.15) is 11.6 Å². The Morgan fingerprint density at radius 3 is 2.79 bits per heavy atom. The van der Waals surface area contributed by atoms with Gasteiger partial charge in [0.2, 0.25) is 11.7 Å². The molecule has 8 heteroatoms. The number of carbonyl (C=O) groups is 1. The van der Waals surface area contributed by atoms with Crippen LogP contribution in [0.15, 0.2) is 42.9 Å². The van der Waals surface area contributed by atoms with E-state index >= 15 is 0 Å². The van der Waals surface area contributed by atoms with Crippen molar-refractivity contribution >= 4 is 17.1 Å². The van der Waals surface area contributed by atoms with Gasteiger partial charge in [0.15, 0.2) is 5.65 Å². The van der Waals surface area contributed by atoms with E-state index in [-0.39, 0.29) is 11.8 Å². The Bertz CT molecular complexity index is 1170. The second-order valence-electron chi connectivity index (χ2n) is 7.53. The molecule has 3 N–H and O–H groups in total. The molecule has 146 valence electrons. The number of aliphatic hydroxyl groups excluding tert-OH is 2. The average molecular weight is 389 g/mol. The van der Waals surface area contributed by atoms with Crippen LogP contribution in [0.3, 0.4) is 0 Å². The number of hydrogen-bond acceptors (Lipinski definition) is 6. The number of nitrogens with zero attached hydrogens (tertiary/aromatic N) is 4. The summed E-state index contributed by atoms with van der Waals surface area (Å²) in [6.07, 6.45) is 1.46. The largest absolute Gasteiger partial charge is 0.389 e. The minimum atomic E-state index is -1.13. The molecule has 0 spiro atoms. The summed E-state index contributed by atoms with van der Waals surface area (Å²) in [4.78, 5) is 25.4. The summed E-state index contributed by atoms with van der Waals surface area (Å²) in [6, 6.07) is 9.05. The molecule has 8 nitrogen and oxygen atoms in total. The molecule has 5 rings (SSSR count). The highest BCUT2D eigenvalue weighted by Gasteiger charge is 2.75. The summed E-state index contributed by atoms with van der Waals surface area (Å²) in [5, 5.41) is 23.8. The highest BCUT2D eigenvalue weighted by Crippen LogP contribution is 2.67. The molecule has 0 radical (unpaired) electrons. The van der Waals surface area contributed by atoms with Crippen LogP contribution in [0.5, 0.6) is 0 Å². The molecule has 3 aromatic rings. The Morgan fingerprint density at radius 1 is 1.24 bits per heavy atom. The minimum Gasteiger partial charge on any atom is -0.389 e. The van der Waals surface area contributed by atoms with Gasteiger partial charge >= 0.3 is 0 Å². The van der Waals surface area contributed by atoms with Gasteiger partial charge in [0.05, 0.1) is 30.1 Å². The predicted molar refractivity (Wildman–Crippen MR) is 103 cm³/mol. The van der Waals surface area contributed by atoms with Crippen LogP contribution in [-0.2, 0) is 4.79 Å². The third-order valence-electron chi connectivity index (χ3n) is 6.05. The summed E-state index contributed by atoms with van der Waals surface area (Å²) >= 11 is 0. The van der Waals surface area contributed by atoms with Crippen molar-refractivity contribution in [3.63, 3.8) is 0 Å². The van der Waals surface area contributed by atoms with Crippen molar-refractivity contribution in [1.29, 1.82) is 0 Å². The number of fused-ring (bicyclic) bond motifs is 2.